The number of hydrogen-bond donors (Lipinski definition) is 2. The summed E-state index contributed by atoms with van der Waals surface area (Å²) in [6.07, 6.45) is 2.41. The number of para-hydroxylation sites is 1. The van der Waals surface area contributed by atoms with Crippen LogP contribution in [0.15, 0.2) is 18.2 Å². The summed E-state index contributed by atoms with van der Waals surface area (Å²) in [7, 11) is 0. The van der Waals surface area contributed by atoms with Crippen LogP contribution in [-0.2, 0) is 0 Å². The number of benzene rings is 1. The van der Waals surface area contributed by atoms with Gasteiger partial charge >= 0.3 is 0 Å². The molecular formula is C13H17NO2S. The van der Waals surface area contributed by atoms with Crippen molar-refractivity contribution in [3.05, 3.63) is 29.3 Å². The van der Waals surface area contributed by atoms with E-state index >= 15 is 0 Å². The summed E-state index contributed by atoms with van der Waals surface area (Å²) in [6.45, 7) is 2.48. The third-order valence-corrected chi connectivity index (χ3v) is 4.39. The lowest BCUT2D eigenvalue weighted by atomic mass is 10.1. The minimum absolute atomic E-state index is 0.0871. The summed E-state index contributed by atoms with van der Waals surface area (Å²) >= 11 is 1.91. The Kier molecular flexibility index (Phi) is 3.94. The highest BCUT2D eigenvalue weighted by Crippen LogP contribution is 2.26. The van der Waals surface area contributed by atoms with Crippen molar-refractivity contribution in [2.24, 2.45) is 0 Å². The number of aryl methyl sites for hydroxylation is 1. The zero-order valence-electron chi connectivity index (χ0n) is 9.90. The fraction of sp³-hybridized carbons (Fsp3) is 0.462. The molecule has 17 heavy (non-hydrogen) atoms. The first kappa shape index (κ1) is 12.3. The lowest BCUT2D eigenvalue weighted by Crippen LogP contribution is -2.29. The first-order valence-electron chi connectivity index (χ1n) is 5.87. The van der Waals surface area contributed by atoms with Crippen molar-refractivity contribution >= 4 is 17.7 Å². The van der Waals surface area contributed by atoms with Crippen molar-refractivity contribution in [1.82, 2.24) is 5.32 Å². The minimum Gasteiger partial charge on any atom is -0.507 e. The maximum atomic E-state index is 11.9. The molecule has 0 saturated carbocycles. The molecule has 0 bridgehead atoms. The van der Waals surface area contributed by atoms with Gasteiger partial charge in [-0.2, -0.15) is 11.8 Å². The average molecular weight is 251 g/mol. The SMILES string of the molecule is Cc1cccc(C(=O)NCC2CCCS2)c1O. The van der Waals surface area contributed by atoms with E-state index in [1.54, 1.807) is 25.1 Å². The number of amides is 1. The summed E-state index contributed by atoms with van der Waals surface area (Å²) in [5.74, 6) is 1.10. The summed E-state index contributed by atoms with van der Waals surface area (Å²) in [5, 5.41) is 13.2. The number of phenolic OH excluding ortho intramolecular Hbond substituents is 1. The maximum absolute atomic E-state index is 11.9. The molecule has 1 aromatic rings. The molecule has 3 nitrogen and oxygen atoms in total. The molecule has 4 heteroatoms. The van der Waals surface area contributed by atoms with Gasteiger partial charge in [-0.25, -0.2) is 0 Å². The van der Waals surface area contributed by atoms with Gasteiger partial charge in [0.05, 0.1) is 5.56 Å². The monoisotopic (exact) mass is 251 g/mol. The molecule has 2 rings (SSSR count). The van der Waals surface area contributed by atoms with Crippen molar-refractivity contribution in [3.8, 4) is 5.75 Å². The molecule has 1 atom stereocenters. The molecule has 0 radical (unpaired) electrons. The molecule has 1 fully saturated rings. The Bertz CT molecular complexity index is 414. The standard InChI is InChI=1S/C13H17NO2S/c1-9-4-2-6-11(12(9)15)13(16)14-8-10-5-3-7-17-10/h2,4,6,10,15H,3,5,7-8H2,1H3,(H,14,16). The molecule has 0 spiro atoms. The van der Waals surface area contributed by atoms with Gasteiger partial charge in [0.1, 0.15) is 5.75 Å². The molecule has 2 N–H and O–H groups in total. The van der Waals surface area contributed by atoms with Gasteiger partial charge in [0.15, 0.2) is 0 Å². The minimum atomic E-state index is -0.182. The lowest BCUT2D eigenvalue weighted by molar-refractivity contribution is 0.0951. The maximum Gasteiger partial charge on any atom is 0.255 e. The Balaban J connectivity index is 1.97. The zero-order valence-corrected chi connectivity index (χ0v) is 10.7. The molecule has 1 aromatic carbocycles. The van der Waals surface area contributed by atoms with Gasteiger partial charge in [0.2, 0.25) is 0 Å². The summed E-state index contributed by atoms with van der Waals surface area (Å²) < 4.78 is 0. The van der Waals surface area contributed by atoms with Gasteiger partial charge in [-0.1, -0.05) is 12.1 Å². The van der Waals surface area contributed by atoms with Gasteiger partial charge in [-0.05, 0) is 37.1 Å². The number of hydrogen-bond acceptors (Lipinski definition) is 3. The van der Waals surface area contributed by atoms with E-state index in [2.05, 4.69) is 5.32 Å². The molecule has 1 heterocycles. The molecule has 1 aliphatic rings. The second kappa shape index (κ2) is 5.45. The number of aromatic hydroxyl groups is 1. The molecule has 1 saturated heterocycles. The van der Waals surface area contributed by atoms with E-state index in [0.717, 1.165) is 5.56 Å². The second-order valence-corrected chi connectivity index (χ2v) is 5.72. The Morgan fingerprint density at radius 3 is 3.12 bits per heavy atom. The van der Waals surface area contributed by atoms with E-state index < -0.39 is 0 Å². The smallest absolute Gasteiger partial charge is 0.255 e. The van der Waals surface area contributed by atoms with Crippen LogP contribution >= 0.6 is 11.8 Å². The van der Waals surface area contributed by atoms with Crippen molar-refractivity contribution in [2.45, 2.75) is 25.0 Å². The van der Waals surface area contributed by atoms with Crippen LogP contribution in [0.2, 0.25) is 0 Å². The lowest BCUT2D eigenvalue weighted by Gasteiger charge is -2.11. The number of thioether (sulfide) groups is 1. The predicted octanol–water partition coefficient (Wildman–Crippen LogP) is 2.33. The molecule has 1 unspecified atom stereocenters. The number of rotatable bonds is 3. The zero-order chi connectivity index (χ0) is 12.3. The van der Waals surface area contributed by atoms with Crippen molar-refractivity contribution < 1.29 is 9.90 Å². The normalized spacial score (nSPS) is 19.2. The fourth-order valence-corrected chi connectivity index (χ4v) is 3.15. The third-order valence-electron chi connectivity index (χ3n) is 3.00. The largest absolute Gasteiger partial charge is 0.507 e. The Morgan fingerprint density at radius 2 is 2.41 bits per heavy atom. The third kappa shape index (κ3) is 2.94. The van der Waals surface area contributed by atoms with Crippen molar-refractivity contribution in [1.29, 1.82) is 0 Å². The number of carbonyl (C=O) groups excluding carboxylic acids is 1. The predicted molar refractivity (Wildman–Crippen MR) is 70.7 cm³/mol. The average Bonchev–Trinajstić information content (AvgIpc) is 2.82. The first-order valence-corrected chi connectivity index (χ1v) is 6.91. The highest BCUT2D eigenvalue weighted by Gasteiger charge is 2.18. The van der Waals surface area contributed by atoms with E-state index in [1.165, 1.54) is 18.6 Å². The van der Waals surface area contributed by atoms with E-state index in [4.69, 9.17) is 0 Å². The van der Waals surface area contributed by atoms with Crippen LogP contribution in [0.5, 0.6) is 5.75 Å². The van der Waals surface area contributed by atoms with Crippen molar-refractivity contribution in [3.63, 3.8) is 0 Å². The fourth-order valence-electron chi connectivity index (χ4n) is 1.95. The van der Waals surface area contributed by atoms with Gasteiger partial charge < -0.3 is 10.4 Å². The Morgan fingerprint density at radius 1 is 1.59 bits per heavy atom. The molecule has 0 aromatic heterocycles. The highest BCUT2D eigenvalue weighted by molar-refractivity contribution is 8.00. The van der Waals surface area contributed by atoms with Gasteiger partial charge in [0, 0.05) is 11.8 Å². The van der Waals surface area contributed by atoms with E-state index in [9.17, 15) is 9.90 Å². The number of phenols is 1. The van der Waals surface area contributed by atoms with Crippen LogP contribution < -0.4 is 5.32 Å². The van der Waals surface area contributed by atoms with E-state index in [1.807, 2.05) is 11.8 Å². The van der Waals surface area contributed by atoms with Gasteiger partial charge in [-0.3, -0.25) is 4.79 Å². The summed E-state index contributed by atoms with van der Waals surface area (Å²) in [4.78, 5) is 11.9. The van der Waals surface area contributed by atoms with Gasteiger partial charge in [0.25, 0.3) is 5.91 Å². The Labute approximate surface area is 106 Å². The van der Waals surface area contributed by atoms with E-state index in [0.29, 0.717) is 17.4 Å². The number of nitrogens with one attached hydrogen (secondary N) is 1. The second-order valence-electron chi connectivity index (χ2n) is 4.32. The topological polar surface area (TPSA) is 49.3 Å². The first-order chi connectivity index (χ1) is 8.18. The molecule has 0 aliphatic carbocycles. The van der Waals surface area contributed by atoms with Crippen LogP contribution in [0, 0.1) is 6.92 Å². The summed E-state index contributed by atoms with van der Waals surface area (Å²) in [5.41, 5.74) is 1.10. The van der Waals surface area contributed by atoms with E-state index in [-0.39, 0.29) is 11.7 Å². The molecule has 92 valence electrons. The van der Waals surface area contributed by atoms with Crippen LogP contribution in [0.4, 0.5) is 0 Å². The van der Waals surface area contributed by atoms with Crippen LogP contribution in [-0.4, -0.2) is 28.6 Å². The highest BCUT2D eigenvalue weighted by atomic mass is 32.2. The van der Waals surface area contributed by atoms with Crippen LogP contribution in [0.1, 0.15) is 28.8 Å². The number of carbonyl (C=O) groups is 1. The quantitative estimate of drug-likeness (QED) is 0.867. The summed E-state index contributed by atoms with van der Waals surface area (Å²) in [6, 6.07) is 5.23. The molecule has 1 amide bonds. The van der Waals surface area contributed by atoms with Crippen LogP contribution in [0.3, 0.4) is 0 Å². The van der Waals surface area contributed by atoms with Crippen LogP contribution in [0.25, 0.3) is 0 Å². The Hall–Kier alpha value is -1.16. The molecule has 1 aliphatic heterocycles. The molecular weight excluding hydrogens is 234 g/mol. The van der Waals surface area contributed by atoms with Gasteiger partial charge in [-0.15, -0.1) is 0 Å². The van der Waals surface area contributed by atoms with Crippen molar-refractivity contribution in [2.75, 3.05) is 12.3 Å².